The minimum atomic E-state index is -0.280. The number of halogens is 1. The maximum Gasteiger partial charge on any atom is 0.141 e. The Morgan fingerprint density at radius 1 is 1.50 bits per heavy atom. The van der Waals surface area contributed by atoms with Gasteiger partial charge in [0.15, 0.2) is 0 Å². The molecule has 1 aromatic rings. The molecule has 16 heavy (non-hydrogen) atoms. The Bertz CT molecular complexity index is 317. The van der Waals surface area contributed by atoms with Crippen molar-refractivity contribution < 1.29 is 4.39 Å². The van der Waals surface area contributed by atoms with Crippen molar-refractivity contribution in [2.24, 2.45) is 0 Å². The number of hydrogen-bond donors (Lipinski definition) is 1. The zero-order valence-corrected chi connectivity index (χ0v) is 10.2. The second kappa shape index (κ2) is 6.55. The minimum Gasteiger partial charge on any atom is -0.309 e. The van der Waals surface area contributed by atoms with E-state index in [2.05, 4.69) is 36.1 Å². The van der Waals surface area contributed by atoms with Crippen molar-refractivity contribution in [3.05, 3.63) is 29.8 Å². The highest BCUT2D eigenvalue weighted by atomic mass is 19.1. The van der Waals surface area contributed by atoms with Gasteiger partial charge in [0.05, 0.1) is 6.20 Å². The molecule has 0 bridgehead atoms. The van der Waals surface area contributed by atoms with E-state index in [0.717, 1.165) is 18.7 Å². The topological polar surface area (TPSA) is 28.2 Å². The molecule has 0 amide bonds. The third-order valence-electron chi connectivity index (χ3n) is 2.54. The second-order valence-corrected chi connectivity index (χ2v) is 4.15. The Kier molecular flexibility index (Phi) is 5.35. The van der Waals surface area contributed by atoms with Gasteiger partial charge in [0.2, 0.25) is 0 Å². The highest BCUT2D eigenvalue weighted by Gasteiger charge is 2.04. The van der Waals surface area contributed by atoms with E-state index in [1.54, 1.807) is 6.20 Å². The number of rotatable bonds is 6. The Labute approximate surface area is 96.7 Å². The Hall–Kier alpha value is -1.00. The molecule has 0 spiro atoms. The molecule has 0 aromatic carbocycles. The molecule has 0 aliphatic rings. The van der Waals surface area contributed by atoms with Gasteiger partial charge in [-0.1, -0.05) is 6.92 Å². The zero-order valence-electron chi connectivity index (χ0n) is 10.2. The fraction of sp³-hybridized carbons (Fsp3) is 0.583. The van der Waals surface area contributed by atoms with Crippen LogP contribution in [-0.4, -0.2) is 36.1 Å². The number of nitrogens with one attached hydrogen (secondary N) is 1. The Morgan fingerprint density at radius 2 is 2.25 bits per heavy atom. The fourth-order valence-corrected chi connectivity index (χ4v) is 1.51. The summed E-state index contributed by atoms with van der Waals surface area (Å²) >= 11 is 0. The molecule has 1 heterocycles. The number of aromatic nitrogens is 1. The van der Waals surface area contributed by atoms with E-state index in [9.17, 15) is 4.39 Å². The minimum absolute atomic E-state index is 0.280. The molecule has 4 heteroatoms. The van der Waals surface area contributed by atoms with Crippen molar-refractivity contribution in [2.75, 3.05) is 20.1 Å². The summed E-state index contributed by atoms with van der Waals surface area (Å²) in [5.41, 5.74) is 0.881. The van der Waals surface area contributed by atoms with E-state index < -0.39 is 0 Å². The van der Waals surface area contributed by atoms with E-state index in [1.807, 2.05) is 0 Å². The summed E-state index contributed by atoms with van der Waals surface area (Å²) in [6.07, 6.45) is 2.91. The van der Waals surface area contributed by atoms with E-state index >= 15 is 0 Å². The molecule has 3 nitrogen and oxygen atoms in total. The van der Waals surface area contributed by atoms with Crippen LogP contribution in [0.3, 0.4) is 0 Å². The van der Waals surface area contributed by atoms with E-state index in [-0.39, 0.29) is 5.82 Å². The summed E-state index contributed by atoms with van der Waals surface area (Å²) in [6.45, 7) is 6.93. The van der Waals surface area contributed by atoms with Gasteiger partial charge < -0.3 is 10.2 Å². The highest BCUT2D eigenvalue weighted by Crippen LogP contribution is 2.01. The van der Waals surface area contributed by atoms with Gasteiger partial charge in [0.25, 0.3) is 0 Å². The first kappa shape index (κ1) is 13.1. The van der Waals surface area contributed by atoms with Crippen LogP contribution >= 0.6 is 0 Å². The van der Waals surface area contributed by atoms with Gasteiger partial charge >= 0.3 is 0 Å². The molecule has 0 saturated carbocycles. The molecule has 0 saturated heterocycles. The second-order valence-electron chi connectivity index (χ2n) is 4.15. The Balaban J connectivity index is 2.34. The molecule has 1 rings (SSSR count). The smallest absolute Gasteiger partial charge is 0.141 e. The van der Waals surface area contributed by atoms with Gasteiger partial charge in [0, 0.05) is 25.3 Å². The number of pyridine rings is 1. The summed E-state index contributed by atoms with van der Waals surface area (Å²) in [5, 5.41) is 3.34. The third kappa shape index (κ3) is 4.68. The lowest BCUT2D eigenvalue weighted by atomic mass is 10.2. The molecule has 1 N–H and O–H groups in total. The fourth-order valence-electron chi connectivity index (χ4n) is 1.51. The predicted octanol–water partition coefficient (Wildman–Crippen LogP) is 1.65. The molecule has 0 aliphatic heterocycles. The predicted molar refractivity (Wildman–Crippen MR) is 63.7 cm³/mol. The average molecular weight is 225 g/mol. The number of hydrogen-bond acceptors (Lipinski definition) is 3. The number of likely N-dealkylation sites (N-methyl/N-ethyl adjacent to an activating group) is 1. The molecule has 1 atom stereocenters. The first-order valence-electron chi connectivity index (χ1n) is 5.63. The van der Waals surface area contributed by atoms with Gasteiger partial charge in [-0.05, 0) is 32.1 Å². The standard InChI is InChI=1S/C12H20FN3/c1-4-16(3)9-10(2)15-7-11-5-12(13)8-14-6-11/h5-6,8,10,15H,4,7,9H2,1-3H3. The van der Waals surface area contributed by atoms with E-state index in [0.29, 0.717) is 12.6 Å². The normalized spacial score (nSPS) is 13.1. The summed E-state index contributed by atoms with van der Waals surface area (Å²) in [5.74, 6) is -0.280. The van der Waals surface area contributed by atoms with E-state index in [4.69, 9.17) is 0 Å². The lowest BCUT2D eigenvalue weighted by molar-refractivity contribution is 0.309. The lowest BCUT2D eigenvalue weighted by Gasteiger charge is -2.20. The van der Waals surface area contributed by atoms with Crippen LogP contribution in [0.2, 0.25) is 0 Å². The average Bonchev–Trinajstić information content (AvgIpc) is 2.26. The van der Waals surface area contributed by atoms with Gasteiger partial charge in [-0.3, -0.25) is 4.98 Å². The quantitative estimate of drug-likeness (QED) is 0.798. The van der Waals surface area contributed by atoms with Crippen molar-refractivity contribution in [1.29, 1.82) is 0 Å². The molecular weight excluding hydrogens is 205 g/mol. The van der Waals surface area contributed by atoms with Crippen LogP contribution in [0, 0.1) is 5.82 Å². The maximum atomic E-state index is 12.9. The third-order valence-corrected chi connectivity index (χ3v) is 2.54. The SMILES string of the molecule is CCN(C)CC(C)NCc1cncc(F)c1. The highest BCUT2D eigenvalue weighted by molar-refractivity contribution is 5.09. The largest absolute Gasteiger partial charge is 0.309 e. The van der Waals surface area contributed by atoms with Crippen LogP contribution in [0.5, 0.6) is 0 Å². The van der Waals surface area contributed by atoms with Crippen molar-refractivity contribution in [3.8, 4) is 0 Å². The van der Waals surface area contributed by atoms with E-state index in [1.165, 1.54) is 12.3 Å². The summed E-state index contributed by atoms with van der Waals surface area (Å²) in [4.78, 5) is 6.05. The van der Waals surface area contributed by atoms with Crippen molar-refractivity contribution >= 4 is 0 Å². The van der Waals surface area contributed by atoms with Crippen LogP contribution in [-0.2, 0) is 6.54 Å². The zero-order chi connectivity index (χ0) is 12.0. The summed E-state index contributed by atoms with van der Waals surface area (Å²) < 4.78 is 12.9. The molecule has 0 radical (unpaired) electrons. The molecule has 90 valence electrons. The first-order valence-corrected chi connectivity index (χ1v) is 5.63. The monoisotopic (exact) mass is 225 g/mol. The summed E-state index contributed by atoms with van der Waals surface area (Å²) in [6, 6.07) is 1.89. The van der Waals surface area contributed by atoms with Crippen LogP contribution < -0.4 is 5.32 Å². The molecule has 0 aliphatic carbocycles. The van der Waals surface area contributed by atoms with Gasteiger partial charge in [0.1, 0.15) is 5.82 Å². The van der Waals surface area contributed by atoms with Crippen LogP contribution in [0.15, 0.2) is 18.5 Å². The van der Waals surface area contributed by atoms with Gasteiger partial charge in [-0.2, -0.15) is 0 Å². The number of nitrogens with zero attached hydrogens (tertiary/aromatic N) is 2. The maximum absolute atomic E-state index is 12.9. The van der Waals surface area contributed by atoms with Crippen LogP contribution in [0.4, 0.5) is 4.39 Å². The van der Waals surface area contributed by atoms with Crippen molar-refractivity contribution in [3.63, 3.8) is 0 Å². The molecule has 1 aromatic heterocycles. The molecule has 0 fully saturated rings. The van der Waals surface area contributed by atoms with Crippen molar-refractivity contribution in [1.82, 2.24) is 15.2 Å². The van der Waals surface area contributed by atoms with Crippen LogP contribution in [0.25, 0.3) is 0 Å². The van der Waals surface area contributed by atoms with Crippen molar-refractivity contribution in [2.45, 2.75) is 26.4 Å². The Morgan fingerprint density at radius 3 is 2.88 bits per heavy atom. The van der Waals surface area contributed by atoms with Gasteiger partial charge in [-0.25, -0.2) is 4.39 Å². The lowest BCUT2D eigenvalue weighted by Crippen LogP contribution is -2.36. The molecule has 1 unspecified atom stereocenters. The summed E-state index contributed by atoms with van der Waals surface area (Å²) in [7, 11) is 2.09. The van der Waals surface area contributed by atoms with Gasteiger partial charge in [-0.15, -0.1) is 0 Å². The molecular formula is C12H20FN3. The first-order chi connectivity index (χ1) is 7.61. The van der Waals surface area contributed by atoms with Crippen LogP contribution in [0.1, 0.15) is 19.4 Å².